The van der Waals surface area contributed by atoms with Crippen LogP contribution in [0.5, 0.6) is 0 Å². The van der Waals surface area contributed by atoms with Gasteiger partial charge in [0, 0.05) is 28.0 Å². The molecule has 2 aromatic carbocycles. The van der Waals surface area contributed by atoms with Crippen LogP contribution in [0.3, 0.4) is 0 Å². The molecule has 0 bridgehead atoms. The second-order valence-electron chi connectivity index (χ2n) is 4.59. The predicted molar refractivity (Wildman–Crippen MR) is 84.5 cm³/mol. The first-order valence-corrected chi connectivity index (χ1v) is 7.09. The van der Waals surface area contributed by atoms with Crippen LogP contribution in [-0.2, 0) is 6.42 Å². The number of fused-ring (bicyclic) bond motifs is 1. The van der Waals surface area contributed by atoms with E-state index in [0.717, 1.165) is 26.5 Å². The highest BCUT2D eigenvalue weighted by molar-refractivity contribution is 9.10. The SMILES string of the molecule is O/N=C(\Cc1c[nH]c2ccccc12)c1ccc(Br)cc1. The van der Waals surface area contributed by atoms with Crippen molar-refractivity contribution < 1.29 is 5.21 Å². The van der Waals surface area contributed by atoms with E-state index in [2.05, 4.69) is 32.1 Å². The van der Waals surface area contributed by atoms with Crippen LogP contribution in [0.2, 0.25) is 0 Å². The molecule has 0 fully saturated rings. The Bertz CT molecular complexity index is 760. The van der Waals surface area contributed by atoms with Crippen LogP contribution in [-0.4, -0.2) is 15.9 Å². The van der Waals surface area contributed by atoms with Crippen molar-refractivity contribution in [2.75, 3.05) is 0 Å². The maximum atomic E-state index is 9.29. The van der Waals surface area contributed by atoms with Gasteiger partial charge < -0.3 is 10.2 Å². The summed E-state index contributed by atoms with van der Waals surface area (Å²) in [5, 5.41) is 13.9. The predicted octanol–water partition coefficient (Wildman–Crippen LogP) is 4.35. The zero-order valence-electron chi connectivity index (χ0n) is 10.7. The molecular weight excluding hydrogens is 316 g/mol. The Hall–Kier alpha value is -2.07. The molecule has 3 rings (SSSR count). The van der Waals surface area contributed by atoms with Crippen LogP contribution in [0, 0.1) is 0 Å². The Morgan fingerprint density at radius 3 is 2.60 bits per heavy atom. The minimum Gasteiger partial charge on any atom is -0.411 e. The fraction of sp³-hybridized carbons (Fsp3) is 0.0625. The standard InChI is InChI=1S/C16H13BrN2O/c17-13-7-5-11(6-8-13)16(19-20)9-12-10-18-15-4-2-1-3-14(12)15/h1-8,10,18,20H,9H2/b19-16+. The molecule has 0 radical (unpaired) electrons. The lowest BCUT2D eigenvalue weighted by molar-refractivity contribution is 0.318. The van der Waals surface area contributed by atoms with Crippen molar-refractivity contribution >= 4 is 32.5 Å². The Kier molecular flexibility index (Phi) is 3.56. The highest BCUT2D eigenvalue weighted by Gasteiger charge is 2.09. The van der Waals surface area contributed by atoms with Crippen molar-refractivity contribution in [2.24, 2.45) is 5.16 Å². The van der Waals surface area contributed by atoms with Crippen molar-refractivity contribution in [1.82, 2.24) is 4.98 Å². The Morgan fingerprint density at radius 2 is 1.85 bits per heavy atom. The minimum absolute atomic E-state index is 0.585. The molecule has 0 aliphatic rings. The van der Waals surface area contributed by atoms with Crippen LogP contribution < -0.4 is 0 Å². The molecule has 0 unspecified atom stereocenters. The van der Waals surface area contributed by atoms with Crippen LogP contribution in [0.1, 0.15) is 11.1 Å². The number of nitrogens with one attached hydrogen (secondary N) is 1. The summed E-state index contributed by atoms with van der Waals surface area (Å²) in [4.78, 5) is 3.23. The van der Waals surface area contributed by atoms with E-state index in [1.54, 1.807) is 0 Å². The van der Waals surface area contributed by atoms with Crippen molar-refractivity contribution in [3.8, 4) is 0 Å². The summed E-state index contributed by atoms with van der Waals surface area (Å²) in [6, 6.07) is 15.9. The summed E-state index contributed by atoms with van der Waals surface area (Å²) in [7, 11) is 0. The van der Waals surface area contributed by atoms with E-state index in [1.807, 2.05) is 48.7 Å². The highest BCUT2D eigenvalue weighted by Crippen LogP contribution is 2.20. The number of rotatable bonds is 3. The largest absolute Gasteiger partial charge is 0.411 e. The molecule has 100 valence electrons. The summed E-state index contributed by atoms with van der Waals surface area (Å²) in [6.07, 6.45) is 2.55. The van der Waals surface area contributed by atoms with Gasteiger partial charge in [0.05, 0.1) is 5.71 Å². The molecule has 1 aromatic heterocycles. The van der Waals surface area contributed by atoms with Gasteiger partial charge in [-0.1, -0.05) is 51.4 Å². The third-order valence-corrected chi connectivity index (χ3v) is 3.86. The molecule has 0 amide bonds. The Balaban J connectivity index is 1.94. The molecule has 0 saturated heterocycles. The second kappa shape index (κ2) is 5.51. The van der Waals surface area contributed by atoms with E-state index >= 15 is 0 Å². The number of hydrogen-bond donors (Lipinski definition) is 2. The summed E-state index contributed by atoms with van der Waals surface area (Å²) in [6.45, 7) is 0. The average molecular weight is 329 g/mol. The van der Waals surface area contributed by atoms with Crippen molar-refractivity contribution in [3.05, 3.63) is 70.3 Å². The van der Waals surface area contributed by atoms with Gasteiger partial charge in [0.2, 0.25) is 0 Å². The first-order valence-electron chi connectivity index (χ1n) is 6.30. The number of aromatic nitrogens is 1. The van der Waals surface area contributed by atoms with Gasteiger partial charge in [-0.25, -0.2) is 0 Å². The lowest BCUT2D eigenvalue weighted by Crippen LogP contribution is -2.05. The topological polar surface area (TPSA) is 48.4 Å². The summed E-state index contributed by atoms with van der Waals surface area (Å²) < 4.78 is 1.01. The molecule has 0 spiro atoms. The highest BCUT2D eigenvalue weighted by atomic mass is 79.9. The van der Waals surface area contributed by atoms with Crippen molar-refractivity contribution in [3.63, 3.8) is 0 Å². The van der Waals surface area contributed by atoms with Crippen LogP contribution in [0.15, 0.2) is 64.4 Å². The van der Waals surface area contributed by atoms with Gasteiger partial charge in [0.15, 0.2) is 0 Å². The van der Waals surface area contributed by atoms with Crippen LogP contribution >= 0.6 is 15.9 Å². The smallest absolute Gasteiger partial charge is 0.0912 e. The minimum atomic E-state index is 0.585. The summed E-state index contributed by atoms with van der Waals surface area (Å²) in [5.41, 5.74) is 3.79. The number of oxime groups is 1. The van der Waals surface area contributed by atoms with E-state index < -0.39 is 0 Å². The Labute approximate surface area is 125 Å². The molecule has 3 nitrogen and oxygen atoms in total. The number of hydrogen-bond acceptors (Lipinski definition) is 2. The van der Waals surface area contributed by atoms with Gasteiger partial charge in [0.25, 0.3) is 0 Å². The second-order valence-corrected chi connectivity index (χ2v) is 5.51. The summed E-state index contributed by atoms with van der Waals surface area (Å²) in [5.74, 6) is 0. The lowest BCUT2D eigenvalue weighted by Gasteiger charge is -2.04. The molecule has 2 N–H and O–H groups in total. The third-order valence-electron chi connectivity index (χ3n) is 3.33. The quantitative estimate of drug-likeness (QED) is 0.419. The fourth-order valence-corrected chi connectivity index (χ4v) is 2.56. The van der Waals surface area contributed by atoms with Crippen molar-refractivity contribution in [1.29, 1.82) is 0 Å². The van der Waals surface area contributed by atoms with Gasteiger partial charge in [-0.2, -0.15) is 0 Å². The van der Waals surface area contributed by atoms with E-state index in [4.69, 9.17) is 0 Å². The maximum Gasteiger partial charge on any atom is 0.0912 e. The monoisotopic (exact) mass is 328 g/mol. The number of aromatic amines is 1. The van der Waals surface area contributed by atoms with E-state index in [-0.39, 0.29) is 0 Å². The molecule has 3 aromatic rings. The van der Waals surface area contributed by atoms with Crippen LogP contribution in [0.25, 0.3) is 10.9 Å². The lowest BCUT2D eigenvalue weighted by atomic mass is 10.0. The molecular formula is C16H13BrN2O. The van der Waals surface area contributed by atoms with Gasteiger partial charge in [-0.3, -0.25) is 0 Å². The summed E-state index contributed by atoms with van der Waals surface area (Å²) >= 11 is 3.40. The molecule has 4 heteroatoms. The van der Waals surface area contributed by atoms with E-state index in [1.165, 1.54) is 0 Å². The van der Waals surface area contributed by atoms with Crippen LogP contribution in [0.4, 0.5) is 0 Å². The fourth-order valence-electron chi connectivity index (χ4n) is 2.30. The zero-order valence-corrected chi connectivity index (χ0v) is 12.3. The Morgan fingerprint density at radius 1 is 1.10 bits per heavy atom. The number of para-hydroxylation sites is 1. The van der Waals surface area contributed by atoms with Gasteiger partial charge in [0.1, 0.15) is 0 Å². The maximum absolute atomic E-state index is 9.29. The molecule has 0 saturated carbocycles. The molecule has 1 heterocycles. The number of halogens is 1. The molecule has 0 atom stereocenters. The van der Waals surface area contributed by atoms with Gasteiger partial charge >= 0.3 is 0 Å². The van der Waals surface area contributed by atoms with E-state index in [9.17, 15) is 5.21 Å². The first-order chi connectivity index (χ1) is 9.78. The van der Waals surface area contributed by atoms with Crippen molar-refractivity contribution in [2.45, 2.75) is 6.42 Å². The average Bonchev–Trinajstić information content (AvgIpc) is 2.89. The first kappa shape index (κ1) is 12.9. The normalized spacial score (nSPS) is 11.9. The van der Waals surface area contributed by atoms with E-state index in [0.29, 0.717) is 12.1 Å². The van der Waals surface area contributed by atoms with Gasteiger partial charge in [-0.15, -0.1) is 0 Å². The third kappa shape index (κ3) is 2.47. The van der Waals surface area contributed by atoms with Gasteiger partial charge in [-0.05, 0) is 29.3 Å². The number of benzene rings is 2. The number of H-pyrrole nitrogens is 1. The molecule has 20 heavy (non-hydrogen) atoms. The zero-order chi connectivity index (χ0) is 13.9. The molecule has 0 aliphatic carbocycles. The number of nitrogens with zero attached hydrogens (tertiary/aromatic N) is 1. The molecule has 0 aliphatic heterocycles.